The van der Waals surface area contributed by atoms with Crippen molar-refractivity contribution in [1.29, 1.82) is 0 Å². The lowest BCUT2D eigenvalue weighted by atomic mass is 10.1. The summed E-state index contributed by atoms with van der Waals surface area (Å²) in [5, 5.41) is 15.2. The maximum Gasteiger partial charge on any atom is 0.315 e. The van der Waals surface area contributed by atoms with Gasteiger partial charge in [-0.1, -0.05) is 24.3 Å². The second-order valence-corrected chi connectivity index (χ2v) is 4.98. The van der Waals surface area contributed by atoms with Crippen LogP contribution in [-0.4, -0.2) is 24.8 Å². The second-order valence-electron chi connectivity index (χ2n) is 4.98. The van der Waals surface area contributed by atoms with Crippen LogP contribution in [0.15, 0.2) is 48.5 Å². The van der Waals surface area contributed by atoms with Crippen LogP contribution >= 0.6 is 0 Å². The molecule has 2 aromatic rings. The van der Waals surface area contributed by atoms with Crippen molar-refractivity contribution in [2.45, 2.75) is 12.6 Å². The van der Waals surface area contributed by atoms with Crippen molar-refractivity contribution in [3.8, 4) is 5.75 Å². The maximum atomic E-state index is 13.0. The van der Waals surface area contributed by atoms with Gasteiger partial charge in [-0.3, -0.25) is 0 Å². The van der Waals surface area contributed by atoms with Crippen molar-refractivity contribution < 1.29 is 19.0 Å². The fourth-order valence-electron chi connectivity index (χ4n) is 2.03. The first kappa shape index (κ1) is 16.8. The van der Waals surface area contributed by atoms with Gasteiger partial charge in [0.25, 0.3) is 0 Å². The van der Waals surface area contributed by atoms with Gasteiger partial charge in [0, 0.05) is 13.1 Å². The van der Waals surface area contributed by atoms with Crippen LogP contribution in [0.2, 0.25) is 0 Å². The molecular formula is C17H19FN2O3. The zero-order valence-corrected chi connectivity index (χ0v) is 12.8. The second kappa shape index (κ2) is 8.14. The number of aliphatic hydroxyl groups excluding tert-OH is 1. The largest absolute Gasteiger partial charge is 0.497 e. The molecule has 0 saturated carbocycles. The standard InChI is InChI=1S/C17H19FN2O3/c1-23-15-7-5-13(6-8-15)16(21)11-20-17(22)19-10-12-3-2-4-14(18)9-12/h2-9,16,21H,10-11H2,1H3,(H2,19,20,22). The molecule has 2 rings (SSSR count). The molecule has 1 atom stereocenters. The molecule has 6 heteroatoms. The number of hydrogen-bond acceptors (Lipinski definition) is 3. The number of carbonyl (C=O) groups is 1. The summed E-state index contributed by atoms with van der Waals surface area (Å²) in [5.41, 5.74) is 1.34. The molecule has 122 valence electrons. The fraction of sp³-hybridized carbons (Fsp3) is 0.235. The predicted octanol–water partition coefficient (Wildman–Crippen LogP) is 2.37. The van der Waals surface area contributed by atoms with Crippen LogP contribution in [0.4, 0.5) is 9.18 Å². The molecule has 0 spiro atoms. The summed E-state index contributed by atoms with van der Waals surface area (Å²) >= 11 is 0. The normalized spacial score (nSPS) is 11.6. The Balaban J connectivity index is 1.76. The quantitative estimate of drug-likeness (QED) is 0.766. The Bertz CT molecular complexity index is 647. The monoisotopic (exact) mass is 318 g/mol. The van der Waals surface area contributed by atoms with Gasteiger partial charge in [0.1, 0.15) is 11.6 Å². The molecule has 0 saturated heterocycles. The summed E-state index contributed by atoms with van der Waals surface area (Å²) in [6.07, 6.45) is -0.819. The number of nitrogens with one attached hydrogen (secondary N) is 2. The van der Waals surface area contributed by atoms with Gasteiger partial charge in [-0.25, -0.2) is 9.18 Å². The van der Waals surface area contributed by atoms with Crippen LogP contribution < -0.4 is 15.4 Å². The van der Waals surface area contributed by atoms with Crippen molar-refractivity contribution in [2.24, 2.45) is 0 Å². The molecule has 0 aliphatic heterocycles. The molecule has 0 aromatic heterocycles. The molecule has 0 aliphatic carbocycles. The van der Waals surface area contributed by atoms with Gasteiger partial charge >= 0.3 is 6.03 Å². The number of urea groups is 1. The average Bonchev–Trinajstić information content (AvgIpc) is 2.58. The summed E-state index contributed by atoms with van der Waals surface area (Å²) in [6.45, 7) is 0.281. The number of halogens is 1. The minimum Gasteiger partial charge on any atom is -0.497 e. The maximum absolute atomic E-state index is 13.0. The zero-order chi connectivity index (χ0) is 16.7. The Hall–Kier alpha value is -2.60. The first-order valence-electron chi connectivity index (χ1n) is 7.16. The molecule has 0 radical (unpaired) electrons. The molecule has 2 amide bonds. The lowest BCUT2D eigenvalue weighted by molar-refractivity contribution is 0.173. The van der Waals surface area contributed by atoms with Gasteiger partial charge in [-0.2, -0.15) is 0 Å². The van der Waals surface area contributed by atoms with E-state index < -0.39 is 12.1 Å². The third-order valence-electron chi connectivity index (χ3n) is 3.30. The van der Waals surface area contributed by atoms with E-state index in [-0.39, 0.29) is 18.9 Å². The SMILES string of the molecule is COc1ccc(C(O)CNC(=O)NCc2cccc(F)c2)cc1. The highest BCUT2D eigenvalue weighted by Gasteiger charge is 2.09. The van der Waals surface area contributed by atoms with Crippen LogP contribution in [0.3, 0.4) is 0 Å². The first-order valence-corrected chi connectivity index (χ1v) is 7.16. The van der Waals surface area contributed by atoms with E-state index in [4.69, 9.17) is 4.74 Å². The molecule has 0 aliphatic rings. The first-order chi connectivity index (χ1) is 11.1. The molecule has 3 N–H and O–H groups in total. The minimum atomic E-state index is -0.819. The Labute approximate surface area is 134 Å². The fourth-order valence-corrected chi connectivity index (χ4v) is 2.03. The van der Waals surface area contributed by atoms with E-state index in [9.17, 15) is 14.3 Å². The summed E-state index contributed by atoms with van der Waals surface area (Å²) in [4.78, 5) is 11.7. The Morgan fingerprint density at radius 3 is 2.61 bits per heavy atom. The van der Waals surface area contributed by atoms with E-state index in [1.807, 2.05) is 0 Å². The number of methoxy groups -OCH3 is 1. The summed E-state index contributed by atoms with van der Waals surface area (Å²) in [6, 6.07) is 12.5. The van der Waals surface area contributed by atoms with Gasteiger partial charge in [0.2, 0.25) is 0 Å². The highest BCUT2D eigenvalue weighted by Crippen LogP contribution is 2.16. The summed E-state index contributed by atoms with van der Waals surface area (Å²) < 4.78 is 18.1. The molecule has 23 heavy (non-hydrogen) atoms. The molecule has 2 aromatic carbocycles. The lowest BCUT2D eigenvalue weighted by Gasteiger charge is -2.13. The number of carbonyl (C=O) groups excluding carboxylic acids is 1. The number of amides is 2. The van der Waals surface area contributed by atoms with Crippen LogP contribution in [0.5, 0.6) is 5.75 Å². The van der Waals surface area contributed by atoms with E-state index in [0.717, 1.165) is 0 Å². The van der Waals surface area contributed by atoms with Crippen molar-refractivity contribution >= 4 is 6.03 Å². The van der Waals surface area contributed by atoms with E-state index in [1.165, 1.54) is 12.1 Å². The molecule has 0 fully saturated rings. The van der Waals surface area contributed by atoms with Gasteiger partial charge in [0.05, 0.1) is 13.2 Å². The van der Waals surface area contributed by atoms with Crippen LogP contribution in [0.25, 0.3) is 0 Å². The smallest absolute Gasteiger partial charge is 0.315 e. The number of benzene rings is 2. The van der Waals surface area contributed by atoms with E-state index in [0.29, 0.717) is 16.9 Å². The molecular weight excluding hydrogens is 299 g/mol. The third kappa shape index (κ3) is 5.27. The van der Waals surface area contributed by atoms with Crippen LogP contribution in [0, 0.1) is 5.82 Å². The summed E-state index contributed by atoms with van der Waals surface area (Å²) in [5.74, 6) is 0.349. The van der Waals surface area contributed by atoms with Crippen molar-refractivity contribution in [3.05, 3.63) is 65.5 Å². The van der Waals surface area contributed by atoms with Gasteiger partial charge in [0.15, 0.2) is 0 Å². The number of rotatable bonds is 6. The van der Waals surface area contributed by atoms with E-state index in [2.05, 4.69) is 10.6 Å². The van der Waals surface area contributed by atoms with Crippen molar-refractivity contribution in [2.75, 3.05) is 13.7 Å². The highest BCUT2D eigenvalue weighted by molar-refractivity contribution is 5.73. The molecule has 0 bridgehead atoms. The Kier molecular flexibility index (Phi) is 5.94. The number of aliphatic hydroxyl groups is 1. The van der Waals surface area contributed by atoms with E-state index in [1.54, 1.807) is 43.5 Å². The van der Waals surface area contributed by atoms with Gasteiger partial charge < -0.3 is 20.5 Å². The number of ether oxygens (including phenoxy) is 1. The summed E-state index contributed by atoms with van der Waals surface area (Å²) in [7, 11) is 1.57. The minimum absolute atomic E-state index is 0.0707. The van der Waals surface area contributed by atoms with Gasteiger partial charge in [-0.15, -0.1) is 0 Å². The van der Waals surface area contributed by atoms with Crippen molar-refractivity contribution in [1.82, 2.24) is 10.6 Å². The van der Waals surface area contributed by atoms with Crippen LogP contribution in [-0.2, 0) is 6.54 Å². The predicted molar refractivity (Wildman–Crippen MR) is 84.6 cm³/mol. The zero-order valence-electron chi connectivity index (χ0n) is 12.8. The average molecular weight is 318 g/mol. The van der Waals surface area contributed by atoms with Crippen molar-refractivity contribution in [3.63, 3.8) is 0 Å². The van der Waals surface area contributed by atoms with Gasteiger partial charge in [-0.05, 0) is 35.4 Å². The Morgan fingerprint density at radius 1 is 1.22 bits per heavy atom. The topological polar surface area (TPSA) is 70.6 Å². The highest BCUT2D eigenvalue weighted by atomic mass is 19.1. The lowest BCUT2D eigenvalue weighted by Crippen LogP contribution is -2.37. The number of hydrogen-bond donors (Lipinski definition) is 3. The van der Waals surface area contributed by atoms with Crippen LogP contribution in [0.1, 0.15) is 17.2 Å². The molecule has 5 nitrogen and oxygen atoms in total. The van der Waals surface area contributed by atoms with E-state index >= 15 is 0 Å². The third-order valence-corrected chi connectivity index (χ3v) is 3.30. The molecule has 1 unspecified atom stereocenters. The Morgan fingerprint density at radius 2 is 1.96 bits per heavy atom. The molecule has 0 heterocycles.